The second kappa shape index (κ2) is 10.7. The zero-order chi connectivity index (χ0) is 23.9. The van der Waals surface area contributed by atoms with Gasteiger partial charge >= 0.3 is 0 Å². The quantitative estimate of drug-likeness (QED) is 0.532. The molecule has 3 amide bonds. The van der Waals surface area contributed by atoms with E-state index in [0.29, 0.717) is 47.9 Å². The van der Waals surface area contributed by atoms with E-state index in [9.17, 15) is 14.4 Å². The van der Waals surface area contributed by atoms with E-state index < -0.39 is 0 Å². The number of carbonyl (C=O) groups is 3. The minimum Gasteiger partial charge on any atom is -0.495 e. The number of hydrogen-bond donors (Lipinski definition) is 2. The number of aromatic nitrogens is 2. The fraction of sp³-hybridized carbons (Fsp3) is 0.280. The van der Waals surface area contributed by atoms with Gasteiger partial charge in [-0.1, -0.05) is 6.07 Å². The second-order valence-electron chi connectivity index (χ2n) is 8.02. The summed E-state index contributed by atoms with van der Waals surface area (Å²) >= 11 is 0. The van der Waals surface area contributed by atoms with Crippen LogP contribution >= 0.6 is 0 Å². The van der Waals surface area contributed by atoms with Crippen LogP contribution in [0.4, 0.5) is 17.1 Å². The number of nitrogens with zero attached hydrogens (tertiary/aromatic N) is 3. The van der Waals surface area contributed by atoms with Gasteiger partial charge in [-0.2, -0.15) is 0 Å². The summed E-state index contributed by atoms with van der Waals surface area (Å²) < 4.78 is 7.26. The molecule has 2 N–H and O–H groups in total. The molecule has 0 aliphatic carbocycles. The second-order valence-corrected chi connectivity index (χ2v) is 8.02. The van der Waals surface area contributed by atoms with Gasteiger partial charge in [-0.25, -0.2) is 4.98 Å². The standard InChI is InChI=1S/C25H27N5O4/c1-34-22-9-8-20(16-21(22)30-12-3-2-7-24(30)32)28-25(33)18-5-4-6-19(15-18)27-23(31)10-13-29-14-11-26-17-29/h4-6,8-9,11,14-17H,2-3,7,10,12-13H2,1H3,(H,27,31)(H,28,33). The van der Waals surface area contributed by atoms with Gasteiger partial charge in [-0.05, 0) is 49.2 Å². The Morgan fingerprint density at radius 3 is 2.71 bits per heavy atom. The largest absolute Gasteiger partial charge is 0.495 e. The minimum atomic E-state index is -0.324. The van der Waals surface area contributed by atoms with E-state index >= 15 is 0 Å². The van der Waals surface area contributed by atoms with Crippen molar-refractivity contribution in [3.63, 3.8) is 0 Å². The number of piperidine rings is 1. The van der Waals surface area contributed by atoms with Crippen LogP contribution in [0.2, 0.25) is 0 Å². The number of amides is 3. The highest BCUT2D eigenvalue weighted by Crippen LogP contribution is 2.33. The summed E-state index contributed by atoms with van der Waals surface area (Å²) in [6.07, 6.45) is 7.71. The lowest BCUT2D eigenvalue weighted by molar-refractivity contribution is -0.119. The first-order chi connectivity index (χ1) is 16.5. The molecule has 1 aliphatic heterocycles. The molecule has 1 saturated heterocycles. The summed E-state index contributed by atoms with van der Waals surface area (Å²) in [6.45, 7) is 1.14. The Morgan fingerprint density at radius 2 is 1.94 bits per heavy atom. The number of hydrogen-bond acceptors (Lipinski definition) is 5. The monoisotopic (exact) mass is 461 g/mol. The number of aryl methyl sites for hydroxylation is 1. The molecule has 0 saturated carbocycles. The van der Waals surface area contributed by atoms with Crippen molar-refractivity contribution in [2.45, 2.75) is 32.2 Å². The van der Waals surface area contributed by atoms with Gasteiger partial charge in [0.25, 0.3) is 5.91 Å². The van der Waals surface area contributed by atoms with E-state index in [1.807, 2.05) is 4.57 Å². The van der Waals surface area contributed by atoms with Crippen LogP contribution in [-0.4, -0.2) is 40.9 Å². The van der Waals surface area contributed by atoms with Gasteiger partial charge < -0.3 is 24.8 Å². The van der Waals surface area contributed by atoms with E-state index in [-0.39, 0.29) is 24.1 Å². The van der Waals surface area contributed by atoms with Crippen molar-refractivity contribution in [1.29, 1.82) is 0 Å². The SMILES string of the molecule is COc1ccc(NC(=O)c2cccc(NC(=O)CCn3ccnc3)c2)cc1N1CCCCC1=O. The Labute approximate surface area is 197 Å². The van der Waals surface area contributed by atoms with Crippen LogP contribution in [0.15, 0.2) is 61.2 Å². The Bertz CT molecular complexity index is 1180. The third-order valence-corrected chi connectivity index (χ3v) is 5.62. The van der Waals surface area contributed by atoms with Crippen molar-refractivity contribution < 1.29 is 19.1 Å². The number of rotatable bonds is 8. The van der Waals surface area contributed by atoms with Gasteiger partial charge in [0.05, 0.1) is 19.1 Å². The molecule has 176 valence electrons. The number of methoxy groups -OCH3 is 1. The zero-order valence-corrected chi connectivity index (χ0v) is 19.0. The molecule has 4 rings (SSSR count). The van der Waals surface area contributed by atoms with Crippen molar-refractivity contribution in [2.24, 2.45) is 0 Å². The molecular weight excluding hydrogens is 434 g/mol. The molecule has 9 nitrogen and oxygen atoms in total. The predicted octanol–water partition coefficient (Wildman–Crippen LogP) is 3.69. The van der Waals surface area contributed by atoms with Crippen LogP contribution in [0, 0.1) is 0 Å². The summed E-state index contributed by atoms with van der Waals surface area (Å²) in [5, 5.41) is 5.69. The maximum Gasteiger partial charge on any atom is 0.255 e. The molecule has 0 bridgehead atoms. The van der Waals surface area contributed by atoms with Gasteiger partial charge in [0.2, 0.25) is 11.8 Å². The molecular formula is C25H27N5O4. The van der Waals surface area contributed by atoms with Crippen LogP contribution in [0.25, 0.3) is 0 Å². The molecule has 1 fully saturated rings. The van der Waals surface area contributed by atoms with Gasteiger partial charge in [-0.15, -0.1) is 0 Å². The van der Waals surface area contributed by atoms with E-state index in [2.05, 4.69) is 15.6 Å². The van der Waals surface area contributed by atoms with Crippen LogP contribution in [0.1, 0.15) is 36.0 Å². The Balaban J connectivity index is 1.43. The van der Waals surface area contributed by atoms with Gasteiger partial charge in [0.1, 0.15) is 5.75 Å². The fourth-order valence-electron chi connectivity index (χ4n) is 3.85. The molecule has 9 heteroatoms. The lowest BCUT2D eigenvalue weighted by atomic mass is 10.1. The molecule has 34 heavy (non-hydrogen) atoms. The Kier molecular flexibility index (Phi) is 7.22. The summed E-state index contributed by atoms with van der Waals surface area (Å²) in [5.74, 6) is 0.144. The first-order valence-corrected chi connectivity index (χ1v) is 11.2. The fourth-order valence-corrected chi connectivity index (χ4v) is 3.85. The molecule has 3 aromatic rings. The predicted molar refractivity (Wildman–Crippen MR) is 129 cm³/mol. The lowest BCUT2D eigenvalue weighted by Crippen LogP contribution is -2.35. The number of imidazole rings is 1. The van der Waals surface area contributed by atoms with Crippen molar-refractivity contribution >= 4 is 34.8 Å². The average molecular weight is 462 g/mol. The maximum absolute atomic E-state index is 12.9. The normalized spacial score (nSPS) is 13.4. The van der Waals surface area contributed by atoms with Gasteiger partial charge in [0, 0.05) is 55.3 Å². The minimum absolute atomic E-state index is 0.0458. The van der Waals surface area contributed by atoms with Gasteiger partial charge in [0.15, 0.2) is 0 Å². The topological polar surface area (TPSA) is 106 Å². The van der Waals surface area contributed by atoms with Crippen molar-refractivity contribution in [2.75, 3.05) is 29.2 Å². The maximum atomic E-state index is 12.9. The number of nitrogens with one attached hydrogen (secondary N) is 2. The van der Waals surface area contributed by atoms with Crippen molar-refractivity contribution in [3.05, 3.63) is 66.7 Å². The smallest absolute Gasteiger partial charge is 0.255 e. The van der Waals surface area contributed by atoms with E-state index in [4.69, 9.17) is 4.74 Å². The highest BCUT2D eigenvalue weighted by molar-refractivity contribution is 6.06. The van der Waals surface area contributed by atoms with E-state index in [1.54, 1.807) is 73.2 Å². The third kappa shape index (κ3) is 5.61. The number of carbonyl (C=O) groups excluding carboxylic acids is 3. The van der Waals surface area contributed by atoms with Crippen LogP contribution < -0.4 is 20.3 Å². The summed E-state index contributed by atoms with van der Waals surface area (Å²) in [6, 6.07) is 12.0. The molecule has 0 spiro atoms. The Morgan fingerprint density at radius 1 is 1.09 bits per heavy atom. The molecule has 1 aromatic heterocycles. The number of anilines is 3. The summed E-state index contributed by atoms with van der Waals surface area (Å²) in [4.78, 5) is 43.2. The molecule has 0 radical (unpaired) electrons. The van der Waals surface area contributed by atoms with Crippen molar-refractivity contribution in [1.82, 2.24) is 9.55 Å². The average Bonchev–Trinajstić information content (AvgIpc) is 3.37. The summed E-state index contributed by atoms with van der Waals surface area (Å²) in [5.41, 5.74) is 2.13. The zero-order valence-electron chi connectivity index (χ0n) is 19.0. The summed E-state index contributed by atoms with van der Waals surface area (Å²) in [7, 11) is 1.56. The molecule has 2 heterocycles. The number of ether oxygens (including phenoxy) is 1. The van der Waals surface area contributed by atoms with Crippen LogP contribution in [0.5, 0.6) is 5.75 Å². The Hall–Kier alpha value is -4.14. The molecule has 0 atom stereocenters. The lowest BCUT2D eigenvalue weighted by Gasteiger charge is -2.28. The van der Waals surface area contributed by atoms with Gasteiger partial charge in [-0.3, -0.25) is 14.4 Å². The first-order valence-electron chi connectivity index (χ1n) is 11.2. The van der Waals surface area contributed by atoms with Crippen LogP contribution in [-0.2, 0) is 16.1 Å². The van der Waals surface area contributed by atoms with E-state index in [0.717, 1.165) is 12.8 Å². The van der Waals surface area contributed by atoms with E-state index in [1.165, 1.54) is 0 Å². The third-order valence-electron chi connectivity index (χ3n) is 5.62. The molecule has 2 aromatic carbocycles. The van der Waals surface area contributed by atoms with Crippen molar-refractivity contribution in [3.8, 4) is 5.75 Å². The highest BCUT2D eigenvalue weighted by Gasteiger charge is 2.23. The first kappa shape index (κ1) is 23.0. The van der Waals surface area contributed by atoms with Crippen LogP contribution in [0.3, 0.4) is 0 Å². The number of benzene rings is 2. The highest BCUT2D eigenvalue weighted by atomic mass is 16.5. The molecule has 1 aliphatic rings. The molecule has 0 unspecified atom stereocenters.